The van der Waals surface area contributed by atoms with Crippen LogP contribution in [-0.4, -0.2) is 47.4 Å². The zero-order valence-corrected chi connectivity index (χ0v) is 12.5. The van der Waals surface area contributed by atoms with E-state index in [0.717, 1.165) is 25.7 Å². The fourth-order valence-corrected chi connectivity index (χ4v) is 3.28. The molecule has 0 aromatic rings. The molecule has 6 nitrogen and oxygen atoms in total. The first kappa shape index (κ1) is 15.8. The Kier molecular flexibility index (Phi) is 5.20. The highest BCUT2D eigenvalue weighted by atomic mass is 16.4. The minimum atomic E-state index is -0.857. The maximum atomic E-state index is 12.1. The summed E-state index contributed by atoms with van der Waals surface area (Å²) in [6.07, 6.45) is 5.15. The number of nitrogens with one attached hydrogen (secondary N) is 1. The number of carboxylic acids is 1. The fourth-order valence-electron chi connectivity index (χ4n) is 3.28. The standard InChI is InChI=1S/C15H24N2O4/c1-10-8-17(9-12(10)15(20)21)13(18)7-16-14(19)11-5-3-2-4-6-11/h10-12H,2-9H2,1H3,(H,16,19)(H,20,21)/t10-,12-/m1/s1. The van der Waals surface area contributed by atoms with Gasteiger partial charge in [-0.1, -0.05) is 26.2 Å². The number of carbonyl (C=O) groups excluding carboxylic acids is 2. The summed E-state index contributed by atoms with van der Waals surface area (Å²) in [4.78, 5) is 36.6. The molecule has 0 unspecified atom stereocenters. The van der Waals surface area contributed by atoms with Crippen LogP contribution in [-0.2, 0) is 14.4 Å². The molecule has 1 saturated heterocycles. The predicted molar refractivity (Wildman–Crippen MR) is 76.5 cm³/mol. The van der Waals surface area contributed by atoms with Gasteiger partial charge >= 0.3 is 5.97 Å². The molecular formula is C15H24N2O4. The van der Waals surface area contributed by atoms with Gasteiger partial charge in [0.25, 0.3) is 0 Å². The van der Waals surface area contributed by atoms with Crippen LogP contribution in [0.25, 0.3) is 0 Å². The molecule has 118 valence electrons. The summed E-state index contributed by atoms with van der Waals surface area (Å²) in [7, 11) is 0. The molecule has 2 N–H and O–H groups in total. The van der Waals surface area contributed by atoms with Gasteiger partial charge in [-0.05, 0) is 18.8 Å². The van der Waals surface area contributed by atoms with Crippen molar-refractivity contribution in [2.75, 3.05) is 19.6 Å². The van der Waals surface area contributed by atoms with Crippen molar-refractivity contribution in [2.24, 2.45) is 17.8 Å². The topological polar surface area (TPSA) is 86.7 Å². The Morgan fingerprint density at radius 1 is 1.14 bits per heavy atom. The number of likely N-dealkylation sites (tertiary alicyclic amines) is 1. The van der Waals surface area contributed by atoms with Crippen LogP contribution < -0.4 is 5.32 Å². The van der Waals surface area contributed by atoms with Crippen molar-refractivity contribution in [2.45, 2.75) is 39.0 Å². The first-order chi connectivity index (χ1) is 9.99. The highest BCUT2D eigenvalue weighted by Gasteiger charge is 2.36. The Balaban J connectivity index is 1.77. The van der Waals surface area contributed by atoms with Gasteiger partial charge in [-0.15, -0.1) is 0 Å². The van der Waals surface area contributed by atoms with E-state index in [0.29, 0.717) is 6.54 Å². The Morgan fingerprint density at radius 2 is 1.81 bits per heavy atom. The number of aliphatic carboxylic acids is 1. The zero-order valence-electron chi connectivity index (χ0n) is 12.5. The molecule has 2 rings (SSSR count). The molecule has 2 fully saturated rings. The van der Waals surface area contributed by atoms with E-state index in [2.05, 4.69) is 5.32 Å². The molecule has 0 aromatic carbocycles. The van der Waals surface area contributed by atoms with E-state index < -0.39 is 11.9 Å². The maximum Gasteiger partial charge on any atom is 0.308 e. The summed E-state index contributed by atoms with van der Waals surface area (Å²) in [6, 6.07) is 0. The van der Waals surface area contributed by atoms with E-state index in [-0.39, 0.29) is 36.7 Å². The highest BCUT2D eigenvalue weighted by Crippen LogP contribution is 2.24. The average Bonchev–Trinajstić information content (AvgIpc) is 2.87. The van der Waals surface area contributed by atoms with Crippen LogP contribution in [0.4, 0.5) is 0 Å². The number of nitrogens with zero attached hydrogens (tertiary/aromatic N) is 1. The lowest BCUT2D eigenvalue weighted by Gasteiger charge is -2.22. The van der Waals surface area contributed by atoms with Crippen LogP contribution in [0.3, 0.4) is 0 Å². The summed E-state index contributed by atoms with van der Waals surface area (Å²) in [6.45, 7) is 2.52. The Morgan fingerprint density at radius 3 is 2.38 bits per heavy atom. The summed E-state index contributed by atoms with van der Waals surface area (Å²) in [5, 5.41) is 11.8. The van der Waals surface area contributed by atoms with Crippen LogP contribution >= 0.6 is 0 Å². The third kappa shape index (κ3) is 3.95. The Labute approximate surface area is 124 Å². The lowest BCUT2D eigenvalue weighted by atomic mass is 9.89. The number of amides is 2. The van der Waals surface area contributed by atoms with Crippen molar-refractivity contribution in [1.82, 2.24) is 10.2 Å². The molecular weight excluding hydrogens is 272 g/mol. The number of carbonyl (C=O) groups is 3. The van der Waals surface area contributed by atoms with Crippen LogP contribution in [0.2, 0.25) is 0 Å². The molecule has 0 aromatic heterocycles. The van der Waals surface area contributed by atoms with Gasteiger partial charge in [-0.25, -0.2) is 0 Å². The van der Waals surface area contributed by atoms with Crippen LogP contribution in [0.1, 0.15) is 39.0 Å². The molecule has 21 heavy (non-hydrogen) atoms. The first-order valence-corrected chi connectivity index (χ1v) is 7.77. The van der Waals surface area contributed by atoms with Crippen LogP contribution in [0, 0.1) is 17.8 Å². The monoisotopic (exact) mass is 296 g/mol. The second-order valence-corrected chi connectivity index (χ2v) is 6.27. The smallest absolute Gasteiger partial charge is 0.308 e. The highest BCUT2D eigenvalue weighted by molar-refractivity contribution is 5.86. The van der Waals surface area contributed by atoms with Crippen molar-refractivity contribution < 1.29 is 19.5 Å². The molecule has 6 heteroatoms. The molecule has 2 aliphatic rings. The van der Waals surface area contributed by atoms with E-state index in [9.17, 15) is 14.4 Å². The van der Waals surface area contributed by atoms with Crippen LogP contribution in [0.15, 0.2) is 0 Å². The van der Waals surface area contributed by atoms with E-state index in [1.165, 1.54) is 6.42 Å². The van der Waals surface area contributed by atoms with Gasteiger partial charge in [0.05, 0.1) is 12.5 Å². The maximum absolute atomic E-state index is 12.1. The molecule has 1 aliphatic heterocycles. The van der Waals surface area contributed by atoms with Gasteiger partial charge < -0.3 is 15.3 Å². The Bertz CT molecular complexity index is 418. The molecule has 1 saturated carbocycles. The third-order valence-electron chi connectivity index (χ3n) is 4.67. The quantitative estimate of drug-likeness (QED) is 0.805. The zero-order chi connectivity index (χ0) is 15.4. The summed E-state index contributed by atoms with van der Waals surface area (Å²) >= 11 is 0. The van der Waals surface area contributed by atoms with Crippen molar-refractivity contribution in [3.05, 3.63) is 0 Å². The van der Waals surface area contributed by atoms with E-state index in [1.54, 1.807) is 4.90 Å². The van der Waals surface area contributed by atoms with Gasteiger partial charge in [0.1, 0.15) is 0 Å². The van der Waals surface area contributed by atoms with E-state index in [1.807, 2.05) is 6.92 Å². The molecule has 0 spiro atoms. The second kappa shape index (κ2) is 6.91. The number of hydrogen-bond acceptors (Lipinski definition) is 3. The minimum Gasteiger partial charge on any atom is -0.481 e. The largest absolute Gasteiger partial charge is 0.481 e. The molecule has 1 aliphatic carbocycles. The molecule has 0 bridgehead atoms. The lowest BCUT2D eigenvalue weighted by molar-refractivity contribution is -0.142. The SMILES string of the molecule is C[C@@H]1CN(C(=O)CNC(=O)C2CCCCC2)C[C@H]1C(=O)O. The summed E-state index contributed by atoms with van der Waals surface area (Å²) < 4.78 is 0. The van der Waals surface area contributed by atoms with Crippen molar-refractivity contribution in [3.63, 3.8) is 0 Å². The predicted octanol–water partition coefficient (Wildman–Crippen LogP) is 0.862. The first-order valence-electron chi connectivity index (χ1n) is 7.77. The number of hydrogen-bond donors (Lipinski definition) is 2. The van der Waals surface area contributed by atoms with Gasteiger partial charge in [0.2, 0.25) is 11.8 Å². The van der Waals surface area contributed by atoms with Crippen molar-refractivity contribution in [3.8, 4) is 0 Å². The van der Waals surface area contributed by atoms with Crippen LogP contribution in [0.5, 0.6) is 0 Å². The van der Waals surface area contributed by atoms with Gasteiger partial charge in [0.15, 0.2) is 0 Å². The fraction of sp³-hybridized carbons (Fsp3) is 0.800. The van der Waals surface area contributed by atoms with Gasteiger partial charge in [0, 0.05) is 19.0 Å². The normalized spacial score (nSPS) is 26.6. The molecule has 1 heterocycles. The third-order valence-corrected chi connectivity index (χ3v) is 4.67. The summed E-state index contributed by atoms with van der Waals surface area (Å²) in [5.41, 5.74) is 0. The average molecular weight is 296 g/mol. The lowest BCUT2D eigenvalue weighted by Crippen LogP contribution is -2.41. The Hall–Kier alpha value is -1.59. The van der Waals surface area contributed by atoms with E-state index >= 15 is 0 Å². The number of rotatable bonds is 4. The second-order valence-electron chi connectivity index (χ2n) is 6.27. The van der Waals surface area contributed by atoms with Gasteiger partial charge in [-0.2, -0.15) is 0 Å². The molecule has 0 radical (unpaired) electrons. The van der Waals surface area contributed by atoms with Gasteiger partial charge in [-0.3, -0.25) is 14.4 Å². The van der Waals surface area contributed by atoms with Crippen molar-refractivity contribution in [1.29, 1.82) is 0 Å². The molecule has 2 amide bonds. The van der Waals surface area contributed by atoms with Crippen molar-refractivity contribution >= 4 is 17.8 Å². The minimum absolute atomic E-state index is 0.0195. The summed E-state index contributed by atoms with van der Waals surface area (Å²) in [5.74, 6) is -1.58. The van der Waals surface area contributed by atoms with E-state index in [4.69, 9.17) is 5.11 Å². The molecule has 2 atom stereocenters. The number of carboxylic acid groups (broad SMARTS) is 1.